The van der Waals surface area contributed by atoms with E-state index < -0.39 is 0 Å². The van der Waals surface area contributed by atoms with E-state index >= 15 is 0 Å². The maximum Gasteiger partial charge on any atom is 0.0802 e. The summed E-state index contributed by atoms with van der Waals surface area (Å²) in [4.78, 5) is 0. The van der Waals surface area contributed by atoms with Crippen LogP contribution in [0.3, 0.4) is 0 Å². The van der Waals surface area contributed by atoms with E-state index in [1.54, 1.807) is 0 Å². The Kier molecular flexibility index (Phi) is 19.5. The third-order valence-corrected chi connectivity index (χ3v) is 4.01. The molecule has 0 saturated carbocycles. The molecule has 0 unspecified atom stereocenters. The molecular formula is C19H42ClNO. The lowest BCUT2D eigenvalue weighted by Crippen LogP contribution is -3.00. The third kappa shape index (κ3) is 22.5. The van der Waals surface area contributed by atoms with Crippen LogP contribution < -0.4 is 12.4 Å². The third-order valence-electron chi connectivity index (χ3n) is 4.01. The molecule has 0 aliphatic heterocycles. The minimum Gasteiger partial charge on any atom is -1.00 e. The normalized spacial score (nSPS) is 11.5. The van der Waals surface area contributed by atoms with Gasteiger partial charge in [-0.3, -0.25) is 0 Å². The van der Waals surface area contributed by atoms with Gasteiger partial charge < -0.3 is 21.6 Å². The van der Waals surface area contributed by atoms with Crippen molar-refractivity contribution in [3.63, 3.8) is 0 Å². The summed E-state index contributed by atoms with van der Waals surface area (Å²) in [5.74, 6) is 0. The van der Waals surface area contributed by atoms with E-state index in [0.717, 1.165) is 17.7 Å². The van der Waals surface area contributed by atoms with Gasteiger partial charge in [0.25, 0.3) is 0 Å². The van der Waals surface area contributed by atoms with E-state index in [0.29, 0.717) is 0 Å². The van der Waals surface area contributed by atoms with Crippen LogP contribution in [0, 0.1) is 0 Å². The van der Waals surface area contributed by atoms with E-state index in [1.807, 2.05) is 0 Å². The monoisotopic (exact) mass is 335 g/mol. The number of nitrogens with zero attached hydrogens (tertiary/aromatic N) is 1. The highest BCUT2D eigenvalue weighted by Crippen LogP contribution is 2.11. The van der Waals surface area contributed by atoms with Crippen LogP contribution in [0.25, 0.3) is 0 Å². The molecule has 0 aliphatic rings. The second-order valence-corrected chi connectivity index (χ2v) is 7.52. The van der Waals surface area contributed by atoms with Crippen LogP contribution in [0.1, 0.15) is 84.0 Å². The molecule has 0 fully saturated rings. The van der Waals surface area contributed by atoms with Crippen molar-refractivity contribution in [1.82, 2.24) is 0 Å². The summed E-state index contributed by atoms with van der Waals surface area (Å²) in [5.41, 5.74) is 0. The molecule has 0 N–H and O–H groups in total. The summed E-state index contributed by atoms with van der Waals surface area (Å²) in [6.45, 7) is 5.40. The largest absolute Gasteiger partial charge is 1.00 e. The predicted molar refractivity (Wildman–Crippen MR) is 94.8 cm³/mol. The molecule has 0 saturated heterocycles. The van der Waals surface area contributed by atoms with Crippen LogP contribution >= 0.6 is 0 Å². The second-order valence-electron chi connectivity index (χ2n) is 7.52. The summed E-state index contributed by atoms with van der Waals surface area (Å²) < 4.78 is 6.75. The van der Waals surface area contributed by atoms with Gasteiger partial charge in [0.1, 0.15) is 0 Å². The average Bonchev–Trinajstić information content (AvgIpc) is 2.42. The average molecular weight is 336 g/mol. The number of quaternary nitrogens is 1. The molecule has 0 aromatic heterocycles. The first-order chi connectivity index (χ1) is 10.1. The first kappa shape index (κ1) is 24.5. The molecule has 22 heavy (non-hydrogen) atoms. The minimum atomic E-state index is 0. The maximum absolute atomic E-state index is 5.70. The number of unbranched alkanes of at least 4 members (excludes halogenated alkanes) is 10. The summed E-state index contributed by atoms with van der Waals surface area (Å²) in [6.07, 6.45) is 16.6. The minimum absolute atomic E-state index is 0. The van der Waals surface area contributed by atoms with E-state index in [1.165, 1.54) is 83.6 Å². The van der Waals surface area contributed by atoms with Gasteiger partial charge in [0.15, 0.2) is 0 Å². The van der Waals surface area contributed by atoms with Gasteiger partial charge in [-0.15, -0.1) is 0 Å². The molecular weight excluding hydrogens is 294 g/mol. The van der Waals surface area contributed by atoms with Crippen LogP contribution in [0.4, 0.5) is 0 Å². The highest BCUT2D eigenvalue weighted by atomic mass is 35.5. The van der Waals surface area contributed by atoms with E-state index in [4.69, 9.17) is 4.74 Å². The molecule has 0 heterocycles. The van der Waals surface area contributed by atoms with Crippen molar-refractivity contribution in [3.05, 3.63) is 0 Å². The maximum atomic E-state index is 5.70. The van der Waals surface area contributed by atoms with Crippen LogP contribution in [0.5, 0.6) is 0 Å². The number of rotatable bonds is 16. The lowest BCUT2D eigenvalue weighted by Gasteiger charge is -2.23. The van der Waals surface area contributed by atoms with Crippen molar-refractivity contribution in [2.75, 3.05) is 40.9 Å². The fourth-order valence-corrected chi connectivity index (χ4v) is 2.61. The van der Waals surface area contributed by atoms with Crippen molar-refractivity contribution in [2.24, 2.45) is 0 Å². The lowest BCUT2D eigenvalue weighted by molar-refractivity contribution is -0.870. The number of hydrogen-bond donors (Lipinski definition) is 0. The van der Waals surface area contributed by atoms with Gasteiger partial charge in [-0.2, -0.15) is 0 Å². The smallest absolute Gasteiger partial charge is 0.0802 e. The Morgan fingerprint density at radius 1 is 0.591 bits per heavy atom. The number of hydrogen-bond acceptors (Lipinski definition) is 1. The highest BCUT2D eigenvalue weighted by molar-refractivity contribution is 4.48. The summed E-state index contributed by atoms with van der Waals surface area (Å²) >= 11 is 0. The first-order valence-corrected chi connectivity index (χ1v) is 9.44. The zero-order chi connectivity index (χ0) is 15.8. The standard InChI is InChI=1S/C19H42NO.ClH/c1-5-6-7-8-9-10-11-12-13-14-15-18-21-19-16-17-20(2,3)4;/h5-19H2,1-4H3;1H/q+1;/p-1. The molecule has 136 valence electrons. The van der Waals surface area contributed by atoms with Gasteiger partial charge in [-0.1, -0.05) is 71.1 Å². The van der Waals surface area contributed by atoms with Gasteiger partial charge in [0, 0.05) is 13.0 Å². The summed E-state index contributed by atoms with van der Waals surface area (Å²) in [5, 5.41) is 0. The molecule has 0 rings (SSSR count). The van der Waals surface area contributed by atoms with Crippen molar-refractivity contribution in [3.8, 4) is 0 Å². The van der Waals surface area contributed by atoms with Crippen LogP contribution in [0.2, 0.25) is 0 Å². The summed E-state index contributed by atoms with van der Waals surface area (Å²) in [7, 11) is 6.72. The molecule has 0 aliphatic carbocycles. The molecule has 0 aromatic rings. The van der Waals surface area contributed by atoms with Crippen LogP contribution in [-0.2, 0) is 4.74 Å². The zero-order valence-electron chi connectivity index (χ0n) is 15.8. The van der Waals surface area contributed by atoms with Gasteiger partial charge in [0.2, 0.25) is 0 Å². The highest BCUT2D eigenvalue weighted by Gasteiger charge is 2.05. The van der Waals surface area contributed by atoms with Crippen molar-refractivity contribution in [2.45, 2.75) is 84.0 Å². The molecule has 0 amide bonds. The number of ether oxygens (including phenoxy) is 1. The Balaban J connectivity index is 0. The van der Waals surface area contributed by atoms with Gasteiger partial charge in [0.05, 0.1) is 34.3 Å². The van der Waals surface area contributed by atoms with E-state index in [-0.39, 0.29) is 12.4 Å². The van der Waals surface area contributed by atoms with Crippen molar-refractivity contribution in [1.29, 1.82) is 0 Å². The SMILES string of the molecule is CCCCCCCCCCCCCOCCC[N+](C)(C)C.[Cl-]. The number of halogens is 1. The molecule has 0 radical (unpaired) electrons. The quantitative estimate of drug-likeness (QED) is 0.311. The summed E-state index contributed by atoms with van der Waals surface area (Å²) in [6, 6.07) is 0. The van der Waals surface area contributed by atoms with Crippen molar-refractivity contribution >= 4 is 0 Å². The molecule has 2 nitrogen and oxygen atoms in total. The molecule has 0 atom stereocenters. The van der Waals surface area contributed by atoms with Gasteiger partial charge >= 0.3 is 0 Å². The molecule has 3 heteroatoms. The Hall–Kier alpha value is 0.210. The topological polar surface area (TPSA) is 9.23 Å². The van der Waals surface area contributed by atoms with Gasteiger partial charge in [-0.25, -0.2) is 0 Å². The Morgan fingerprint density at radius 2 is 1.00 bits per heavy atom. The Bertz CT molecular complexity index is 204. The molecule has 0 aromatic carbocycles. The lowest BCUT2D eigenvalue weighted by atomic mass is 10.1. The van der Waals surface area contributed by atoms with Crippen LogP contribution in [-0.4, -0.2) is 45.4 Å². The molecule has 0 spiro atoms. The fraction of sp³-hybridized carbons (Fsp3) is 1.00. The van der Waals surface area contributed by atoms with Crippen LogP contribution in [0.15, 0.2) is 0 Å². The Labute approximate surface area is 147 Å². The zero-order valence-corrected chi connectivity index (χ0v) is 16.6. The first-order valence-electron chi connectivity index (χ1n) is 9.44. The molecule has 0 bridgehead atoms. The Morgan fingerprint density at radius 3 is 1.45 bits per heavy atom. The predicted octanol–water partition coefficient (Wildman–Crippen LogP) is 2.41. The van der Waals surface area contributed by atoms with E-state index in [2.05, 4.69) is 28.1 Å². The fourth-order valence-electron chi connectivity index (χ4n) is 2.61. The second kappa shape index (κ2) is 17.6. The van der Waals surface area contributed by atoms with Gasteiger partial charge in [-0.05, 0) is 6.42 Å². The van der Waals surface area contributed by atoms with E-state index in [9.17, 15) is 0 Å². The van der Waals surface area contributed by atoms with Crippen molar-refractivity contribution < 1.29 is 21.6 Å².